The van der Waals surface area contributed by atoms with Crippen LogP contribution in [0.15, 0.2) is 35.5 Å². The molecule has 31 heavy (non-hydrogen) atoms. The first-order chi connectivity index (χ1) is 14.9. The molecule has 0 radical (unpaired) electrons. The molecule has 4 aliphatic carbocycles. The summed E-state index contributed by atoms with van der Waals surface area (Å²) >= 11 is 1.27. The van der Waals surface area contributed by atoms with Gasteiger partial charge in [0.1, 0.15) is 17.5 Å². The minimum Gasteiger partial charge on any atom is -0.383 e. The number of hydrogen-bond acceptors (Lipinski definition) is 6. The zero-order valence-corrected chi connectivity index (χ0v) is 18.3. The maximum Gasteiger partial charge on any atom is 0.233 e. The highest BCUT2D eigenvalue weighted by Crippen LogP contribution is 2.58. The Kier molecular flexibility index (Phi) is 5.28. The molecule has 0 atom stereocenters. The van der Waals surface area contributed by atoms with Crippen molar-refractivity contribution in [2.24, 2.45) is 17.8 Å². The molecule has 2 aromatic rings. The van der Waals surface area contributed by atoms with Gasteiger partial charge >= 0.3 is 0 Å². The van der Waals surface area contributed by atoms with Crippen LogP contribution in [0.4, 0.5) is 16.0 Å². The minimum atomic E-state index is -0.261. The van der Waals surface area contributed by atoms with Crippen LogP contribution in [0.2, 0.25) is 0 Å². The third-order valence-corrected chi connectivity index (χ3v) is 8.04. The van der Waals surface area contributed by atoms with Crippen molar-refractivity contribution in [3.05, 3.63) is 41.7 Å². The highest BCUT2D eigenvalue weighted by Gasteiger charge is 2.54. The fourth-order valence-corrected chi connectivity index (χ4v) is 7.17. The van der Waals surface area contributed by atoms with E-state index in [1.807, 2.05) is 0 Å². The molecule has 4 aliphatic rings. The lowest BCUT2D eigenvalue weighted by Crippen LogP contribution is -2.61. The van der Waals surface area contributed by atoms with Crippen LogP contribution in [0.3, 0.4) is 0 Å². The number of nitrogens with zero attached hydrogens (tertiary/aromatic N) is 3. The number of halogens is 1. The Morgan fingerprint density at radius 2 is 1.58 bits per heavy atom. The van der Waals surface area contributed by atoms with Gasteiger partial charge in [0.15, 0.2) is 5.16 Å². The van der Waals surface area contributed by atoms with E-state index < -0.39 is 0 Å². The van der Waals surface area contributed by atoms with Crippen molar-refractivity contribution in [3.8, 4) is 0 Å². The molecule has 0 spiro atoms. The zero-order valence-electron chi connectivity index (χ0n) is 17.5. The molecule has 4 saturated carbocycles. The highest BCUT2D eigenvalue weighted by atomic mass is 32.2. The summed E-state index contributed by atoms with van der Waals surface area (Å²) in [7, 11) is 0. The second-order valence-corrected chi connectivity index (χ2v) is 10.5. The first-order valence-corrected chi connectivity index (χ1v) is 11.9. The van der Waals surface area contributed by atoms with Gasteiger partial charge in [0.25, 0.3) is 0 Å². The molecular formula is C23H28FN5OS. The number of aromatic nitrogens is 2. The van der Waals surface area contributed by atoms with Gasteiger partial charge in [-0.05, 0) is 74.0 Å². The Hall–Kier alpha value is -2.35. The summed E-state index contributed by atoms with van der Waals surface area (Å²) in [6.07, 6.45) is 7.17. The van der Waals surface area contributed by atoms with Crippen molar-refractivity contribution < 1.29 is 9.18 Å². The fourth-order valence-electron chi connectivity index (χ4n) is 6.42. The van der Waals surface area contributed by atoms with Crippen molar-refractivity contribution >= 4 is 29.3 Å². The van der Waals surface area contributed by atoms with Crippen LogP contribution in [0, 0.1) is 23.6 Å². The third-order valence-electron chi connectivity index (χ3n) is 7.20. The largest absolute Gasteiger partial charge is 0.383 e. The van der Waals surface area contributed by atoms with E-state index in [4.69, 9.17) is 11.5 Å². The summed E-state index contributed by atoms with van der Waals surface area (Å²) < 4.78 is 13.5. The molecular weight excluding hydrogens is 413 g/mol. The van der Waals surface area contributed by atoms with E-state index >= 15 is 0 Å². The molecule has 6 nitrogen and oxygen atoms in total. The summed E-state index contributed by atoms with van der Waals surface area (Å²) in [6.45, 7) is 0.506. The molecule has 4 N–H and O–H groups in total. The lowest BCUT2D eigenvalue weighted by Gasteiger charge is -2.60. The van der Waals surface area contributed by atoms with Crippen LogP contribution in [0.1, 0.15) is 44.1 Å². The van der Waals surface area contributed by atoms with Crippen molar-refractivity contribution in [1.82, 2.24) is 14.9 Å². The number of anilines is 2. The van der Waals surface area contributed by atoms with Crippen LogP contribution in [-0.4, -0.2) is 32.1 Å². The first kappa shape index (κ1) is 20.5. The standard InChI is InChI=1S/C23H28FN5OS/c24-18-3-1-14(2-4-18)12-29(21(30)13-31-22-27-19(25)8-20(26)28-22)23-9-15-5-16(10-23)7-17(6-15)11-23/h1-4,8,15-17H,5-7,9-13H2,(H4,25,26,27,28). The van der Waals surface area contributed by atoms with Crippen LogP contribution in [0.25, 0.3) is 0 Å². The second-order valence-electron chi connectivity index (χ2n) is 9.54. The smallest absolute Gasteiger partial charge is 0.233 e. The maximum absolute atomic E-state index is 13.6. The summed E-state index contributed by atoms with van der Waals surface area (Å²) in [6, 6.07) is 8.00. The summed E-state index contributed by atoms with van der Waals surface area (Å²) in [4.78, 5) is 24.1. The van der Waals surface area contributed by atoms with Gasteiger partial charge < -0.3 is 16.4 Å². The normalized spacial score (nSPS) is 28.6. The highest BCUT2D eigenvalue weighted by molar-refractivity contribution is 7.99. The number of amides is 1. The Balaban J connectivity index is 1.39. The topological polar surface area (TPSA) is 98.1 Å². The van der Waals surface area contributed by atoms with Crippen LogP contribution in [-0.2, 0) is 11.3 Å². The van der Waals surface area contributed by atoms with E-state index in [0.717, 1.165) is 42.6 Å². The van der Waals surface area contributed by atoms with Crippen molar-refractivity contribution in [3.63, 3.8) is 0 Å². The molecule has 1 heterocycles. The van der Waals surface area contributed by atoms with Crippen LogP contribution in [0.5, 0.6) is 0 Å². The SMILES string of the molecule is Nc1cc(N)nc(SCC(=O)N(Cc2ccc(F)cc2)C23CC4CC(CC(C4)C2)C3)n1. The van der Waals surface area contributed by atoms with E-state index in [1.165, 1.54) is 49.2 Å². The molecule has 1 aromatic carbocycles. The predicted octanol–water partition coefficient (Wildman–Crippen LogP) is 3.87. The molecule has 1 aromatic heterocycles. The summed E-state index contributed by atoms with van der Waals surface area (Å²) in [5.74, 6) is 2.80. The third kappa shape index (κ3) is 4.22. The van der Waals surface area contributed by atoms with E-state index in [-0.39, 0.29) is 23.0 Å². The van der Waals surface area contributed by atoms with E-state index in [0.29, 0.717) is 23.3 Å². The minimum absolute atomic E-state index is 0.0703. The lowest BCUT2D eigenvalue weighted by molar-refractivity contribution is -0.149. The number of benzene rings is 1. The van der Waals surface area contributed by atoms with Crippen molar-refractivity contribution in [2.45, 2.75) is 55.8 Å². The van der Waals surface area contributed by atoms with Crippen molar-refractivity contribution in [2.75, 3.05) is 17.2 Å². The molecule has 164 valence electrons. The van der Waals surface area contributed by atoms with Gasteiger partial charge in [-0.15, -0.1) is 0 Å². The number of thioether (sulfide) groups is 1. The van der Waals surface area contributed by atoms with Crippen LogP contribution >= 0.6 is 11.8 Å². The van der Waals surface area contributed by atoms with Gasteiger partial charge in [-0.25, -0.2) is 14.4 Å². The van der Waals surface area contributed by atoms with Crippen LogP contribution < -0.4 is 11.5 Å². The first-order valence-electron chi connectivity index (χ1n) is 11.0. The average molecular weight is 442 g/mol. The number of carbonyl (C=O) groups excluding carboxylic acids is 1. The predicted molar refractivity (Wildman–Crippen MR) is 119 cm³/mol. The zero-order chi connectivity index (χ0) is 21.6. The molecule has 1 amide bonds. The Labute approximate surface area is 186 Å². The molecule has 8 heteroatoms. The van der Waals surface area contributed by atoms with E-state index in [2.05, 4.69) is 14.9 Å². The molecule has 0 saturated heterocycles. The number of nitrogens with two attached hydrogens (primary N) is 2. The Morgan fingerprint density at radius 1 is 1.03 bits per heavy atom. The second kappa shape index (κ2) is 7.97. The average Bonchev–Trinajstić information content (AvgIpc) is 2.70. The summed E-state index contributed by atoms with van der Waals surface area (Å²) in [5.41, 5.74) is 12.4. The number of nitrogen functional groups attached to an aromatic ring is 2. The number of rotatable bonds is 6. The van der Waals surface area contributed by atoms with E-state index in [1.54, 1.807) is 12.1 Å². The molecule has 4 bridgehead atoms. The monoisotopic (exact) mass is 441 g/mol. The Morgan fingerprint density at radius 3 is 2.13 bits per heavy atom. The maximum atomic E-state index is 13.6. The summed E-state index contributed by atoms with van der Waals surface area (Å²) in [5, 5.41) is 0.415. The van der Waals surface area contributed by atoms with Gasteiger partial charge in [0.05, 0.1) is 5.75 Å². The molecule has 4 fully saturated rings. The van der Waals surface area contributed by atoms with Gasteiger partial charge in [0.2, 0.25) is 5.91 Å². The quantitative estimate of drug-likeness (QED) is 0.522. The number of hydrogen-bond donors (Lipinski definition) is 2. The van der Waals surface area contributed by atoms with Gasteiger partial charge in [0, 0.05) is 18.2 Å². The Bertz CT molecular complexity index is 927. The molecule has 0 unspecified atom stereocenters. The van der Waals surface area contributed by atoms with Gasteiger partial charge in [-0.3, -0.25) is 4.79 Å². The van der Waals surface area contributed by atoms with Crippen molar-refractivity contribution in [1.29, 1.82) is 0 Å². The number of carbonyl (C=O) groups is 1. The van der Waals surface area contributed by atoms with Gasteiger partial charge in [-0.2, -0.15) is 0 Å². The fraction of sp³-hybridized carbons (Fsp3) is 0.522. The lowest BCUT2D eigenvalue weighted by atomic mass is 9.52. The van der Waals surface area contributed by atoms with Gasteiger partial charge in [-0.1, -0.05) is 23.9 Å². The molecule has 6 rings (SSSR count). The van der Waals surface area contributed by atoms with E-state index in [9.17, 15) is 9.18 Å². The molecule has 0 aliphatic heterocycles.